The molecule has 1 aromatic rings. The molecule has 88 valence electrons. The van der Waals surface area contributed by atoms with Gasteiger partial charge in [-0.15, -0.1) is 0 Å². The third-order valence-corrected chi connectivity index (χ3v) is 3.70. The molecule has 1 rings (SSSR count). The van der Waals surface area contributed by atoms with E-state index in [1.165, 1.54) is 5.54 Å². The molecule has 6 heteroatoms. The van der Waals surface area contributed by atoms with E-state index < -0.39 is 0 Å². The van der Waals surface area contributed by atoms with Gasteiger partial charge in [0.2, 0.25) is 0 Å². The average Bonchev–Trinajstić information content (AvgIpc) is 2.27. The first-order chi connectivity index (χ1) is 7.58. The Morgan fingerprint density at radius 3 is 2.69 bits per heavy atom. The van der Waals surface area contributed by atoms with Crippen molar-refractivity contribution in [1.82, 2.24) is 0 Å². The number of ether oxygens (including phenoxy) is 1. The average molecular weight is 390 g/mol. The minimum Gasteiger partial charge on any atom is -0.495 e. The highest BCUT2D eigenvalue weighted by atomic mass is 79.9. The minimum atomic E-state index is 0.467. The molecular weight excluding hydrogens is 381 g/mol. The summed E-state index contributed by atoms with van der Waals surface area (Å²) in [6.07, 6.45) is 0. The van der Waals surface area contributed by atoms with Gasteiger partial charge in [-0.3, -0.25) is 0 Å². The molecule has 0 aliphatic rings. The Hall–Kier alpha value is 0.1000. The Bertz CT molecular complexity index is 410. The summed E-state index contributed by atoms with van der Waals surface area (Å²) in [4.78, 5) is 0. The third-order valence-electron chi connectivity index (χ3n) is 1.81. The highest BCUT2D eigenvalue weighted by Crippen LogP contribution is 2.34. The summed E-state index contributed by atoms with van der Waals surface area (Å²) in [6, 6.07) is 3.77. The zero-order valence-electron chi connectivity index (χ0n) is 8.36. The number of nitrogens with one attached hydrogen (secondary N) is 1. The predicted octanol–water partition coefficient (Wildman–Crippen LogP) is 4.95. The van der Waals surface area contributed by atoms with Gasteiger partial charge >= 0.3 is 0 Å². The lowest BCUT2D eigenvalue weighted by atomic mass is 10.3. The minimum absolute atomic E-state index is 0.467. The maximum Gasteiger partial charge on any atom is 0.135 e. The lowest BCUT2D eigenvalue weighted by Crippen LogP contribution is -2.02. The van der Waals surface area contributed by atoms with Crippen molar-refractivity contribution in [2.24, 2.45) is 0 Å². The molecule has 0 amide bonds. The van der Waals surface area contributed by atoms with Crippen molar-refractivity contribution >= 4 is 60.7 Å². The van der Waals surface area contributed by atoms with E-state index >= 15 is 0 Å². The monoisotopic (exact) mass is 387 g/mol. The molecule has 1 N–H and O–H groups in total. The highest BCUT2D eigenvalue weighted by Gasteiger charge is 2.06. The standard InChI is InChI=1S/C10H9Br2Cl2NO/c1-16-10-3-9(7(11)2-8(10)12)15-5-6(14)4-13/h2-4,15H,5H2,1H3/b6-4-. The van der Waals surface area contributed by atoms with Gasteiger partial charge in [-0.2, -0.15) is 0 Å². The van der Waals surface area contributed by atoms with E-state index in [1.807, 2.05) is 12.1 Å². The van der Waals surface area contributed by atoms with Crippen LogP contribution in [0.2, 0.25) is 0 Å². The van der Waals surface area contributed by atoms with Crippen molar-refractivity contribution in [3.63, 3.8) is 0 Å². The number of halogens is 4. The van der Waals surface area contributed by atoms with Crippen LogP contribution in [-0.2, 0) is 0 Å². The number of anilines is 1. The van der Waals surface area contributed by atoms with Gasteiger partial charge in [0.1, 0.15) is 5.75 Å². The lowest BCUT2D eigenvalue weighted by molar-refractivity contribution is 0.412. The summed E-state index contributed by atoms with van der Waals surface area (Å²) >= 11 is 18.1. The van der Waals surface area contributed by atoms with Gasteiger partial charge < -0.3 is 10.1 Å². The Balaban J connectivity index is 2.87. The van der Waals surface area contributed by atoms with E-state index in [2.05, 4.69) is 37.2 Å². The summed E-state index contributed by atoms with van der Waals surface area (Å²) in [5.41, 5.74) is 2.22. The van der Waals surface area contributed by atoms with Crippen molar-refractivity contribution in [3.8, 4) is 5.75 Å². The number of hydrogen-bond donors (Lipinski definition) is 1. The smallest absolute Gasteiger partial charge is 0.135 e. The molecule has 0 fully saturated rings. The van der Waals surface area contributed by atoms with Crippen molar-refractivity contribution in [2.75, 3.05) is 19.0 Å². The zero-order chi connectivity index (χ0) is 12.1. The van der Waals surface area contributed by atoms with Gasteiger partial charge in [0.15, 0.2) is 0 Å². The molecule has 0 radical (unpaired) electrons. The molecule has 0 unspecified atom stereocenters. The van der Waals surface area contributed by atoms with Gasteiger partial charge in [0.05, 0.1) is 23.8 Å². The Morgan fingerprint density at radius 2 is 2.12 bits per heavy atom. The Labute approximate surface area is 121 Å². The molecule has 0 atom stereocenters. The van der Waals surface area contributed by atoms with Crippen LogP contribution in [0.3, 0.4) is 0 Å². The quantitative estimate of drug-likeness (QED) is 0.786. The Morgan fingerprint density at radius 1 is 1.44 bits per heavy atom. The summed E-state index contributed by atoms with van der Waals surface area (Å²) in [5, 5.41) is 3.67. The van der Waals surface area contributed by atoms with Crippen LogP contribution in [0.1, 0.15) is 0 Å². The number of methoxy groups -OCH3 is 1. The fourth-order valence-corrected chi connectivity index (χ4v) is 2.48. The highest BCUT2D eigenvalue weighted by molar-refractivity contribution is 9.11. The number of hydrogen-bond acceptors (Lipinski definition) is 2. The zero-order valence-corrected chi connectivity index (χ0v) is 13.0. The first-order valence-corrected chi connectivity index (χ1v) is 6.70. The van der Waals surface area contributed by atoms with E-state index in [0.717, 1.165) is 20.4 Å². The van der Waals surface area contributed by atoms with E-state index in [1.54, 1.807) is 7.11 Å². The van der Waals surface area contributed by atoms with Crippen molar-refractivity contribution in [1.29, 1.82) is 0 Å². The van der Waals surface area contributed by atoms with E-state index in [4.69, 9.17) is 27.9 Å². The van der Waals surface area contributed by atoms with Crippen LogP contribution in [0.5, 0.6) is 5.75 Å². The maximum atomic E-state index is 5.78. The van der Waals surface area contributed by atoms with Gasteiger partial charge in [-0.1, -0.05) is 23.2 Å². The van der Waals surface area contributed by atoms with Gasteiger partial charge in [0, 0.05) is 21.1 Å². The van der Waals surface area contributed by atoms with Gasteiger partial charge in [-0.25, -0.2) is 0 Å². The second-order valence-electron chi connectivity index (χ2n) is 2.88. The topological polar surface area (TPSA) is 21.3 Å². The van der Waals surface area contributed by atoms with E-state index in [0.29, 0.717) is 11.6 Å². The molecule has 0 saturated heterocycles. The molecule has 0 aliphatic carbocycles. The predicted molar refractivity (Wildman–Crippen MR) is 76.7 cm³/mol. The summed E-state index contributed by atoms with van der Waals surface area (Å²) in [6.45, 7) is 0.467. The second-order valence-corrected chi connectivity index (χ2v) is 5.29. The van der Waals surface area contributed by atoms with Crippen LogP contribution < -0.4 is 10.1 Å². The molecule has 0 heterocycles. The molecule has 0 bridgehead atoms. The van der Waals surface area contributed by atoms with E-state index in [-0.39, 0.29) is 0 Å². The summed E-state index contributed by atoms with van der Waals surface area (Å²) < 4.78 is 6.99. The molecule has 0 spiro atoms. The van der Waals surface area contributed by atoms with Gasteiger partial charge in [-0.05, 0) is 37.9 Å². The third kappa shape index (κ3) is 3.84. The molecule has 0 aliphatic heterocycles. The Kier molecular flexibility index (Phi) is 5.97. The SMILES string of the molecule is COc1cc(NC/C(Cl)=C/Cl)c(Br)cc1Br. The molecule has 1 aromatic carbocycles. The van der Waals surface area contributed by atoms with Crippen LogP contribution in [0.4, 0.5) is 5.69 Å². The maximum absolute atomic E-state index is 5.78. The van der Waals surface area contributed by atoms with Crippen LogP contribution in [0.15, 0.2) is 31.6 Å². The lowest BCUT2D eigenvalue weighted by Gasteiger charge is -2.11. The fourth-order valence-electron chi connectivity index (χ4n) is 1.04. The van der Waals surface area contributed by atoms with Gasteiger partial charge in [0.25, 0.3) is 0 Å². The molecule has 16 heavy (non-hydrogen) atoms. The molecule has 0 aromatic heterocycles. The summed E-state index contributed by atoms with van der Waals surface area (Å²) in [7, 11) is 1.61. The molecular formula is C10H9Br2Cl2NO. The fraction of sp³-hybridized carbons (Fsp3) is 0.200. The first kappa shape index (κ1) is 14.2. The summed E-state index contributed by atoms with van der Waals surface area (Å²) in [5.74, 6) is 0.747. The number of benzene rings is 1. The largest absolute Gasteiger partial charge is 0.495 e. The van der Waals surface area contributed by atoms with Crippen molar-refractivity contribution in [3.05, 3.63) is 31.6 Å². The van der Waals surface area contributed by atoms with Crippen LogP contribution >= 0.6 is 55.1 Å². The number of rotatable bonds is 4. The van der Waals surface area contributed by atoms with Crippen LogP contribution in [-0.4, -0.2) is 13.7 Å². The van der Waals surface area contributed by atoms with E-state index in [9.17, 15) is 0 Å². The van der Waals surface area contributed by atoms with Crippen molar-refractivity contribution in [2.45, 2.75) is 0 Å². The van der Waals surface area contributed by atoms with Crippen molar-refractivity contribution < 1.29 is 4.74 Å². The van der Waals surface area contributed by atoms with Crippen LogP contribution in [0.25, 0.3) is 0 Å². The molecule has 0 saturated carbocycles. The molecule has 2 nitrogen and oxygen atoms in total. The second kappa shape index (κ2) is 6.74. The van der Waals surface area contributed by atoms with Crippen LogP contribution in [0, 0.1) is 0 Å². The normalized spacial score (nSPS) is 11.4. The first-order valence-electron chi connectivity index (χ1n) is 4.30.